The Labute approximate surface area is 155 Å². The van der Waals surface area contributed by atoms with E-state index in [2.05, 4.69) is 0 Å². The van der Waals surface area contributed by atoms with Crippen molar-refractivity contribution in [2.75, 3.05) is 13.2 Å². The van der Waals surface area contributed by atoms with Gasteiger partial charge < -0.3 is 5.11 Å². The van der Waals surface area contributed by atoms with Crippen LogP contribution in [0.3, 0.4) is 0 Å². The zero-order chi connectivity index (χ0) is 19.8. The maximum atomic E-state index is 12.3. The molecule has 0 radical (unpaired) electrons. The summed E-state index contributed by atoms with van der Waals surface area (Å²) in [6, 6.07) is 9.91. The van der Waals surface area contributed by atoms with Crippen molar-refractivity contribution in [3.8, 4) is 0 Å². The molecule has 2 aromatic rings. The van der Waals surface area contributed by atoms with Crippen LogP contribution in [0.1, 0.15) is 36.6 Å². The van der Waals surface area contributed by atoms with E-state index in [1.807, 2.05) is 0 Å². The lowest BCUT2D eigenvalue weighted by Gasteiger charge is -2.14. The molecule has 0 saturated carbocycles. The Morgan fingerprint density at radius 3 is 2.22 bits per heavy atom. The minimum atomic E-state index is -4.24. The molecule has 0 bridgehead atoms. The van der Waals surface area contributed by atoms with Crippen molar-refractivity contribution in [3.05, 3.63) is 64.7 Å². The first-order valence-electron chi connectivity index (χ1n) is 7.91. The number of hydrogen-bond acceptors (Lipinski definition) is 6. The number of carbonyl (C=O) groups is 3. The van der Waals surface area contributed by atoms with Gasteiger partial charge in [0, 0.05) is 0 Å². The maximum absolute atomic E-state index is 12.3. The largest absolute Gasteiger partial charge is 0.478 e. The highest BCUT2D eigenvalue weighted by Gasteiger charge is 2.35. The number of amides is 2. The third-order valence-corrected chi connectivity index (χ3v) is 5.47. The minimum Gasteiger partial charge on any atom is -0.478 e. The summed E-state index contributed by atoms with van der Waals surface area (Å²) in [5.41, 5.74) is 0.775. The molecule has 1 aliphatic heterocycles. The molecule has 0 aromatic heterocycles. The fraction of sp³-hybridized carbons (Fsp3) is 0.167. The van der Waals surface area contributed by atoms with Crippen LogP contribution in [0.15, 0.2) is 47.4 Å². The van der Waals surface area contributed by atoms with Crippen LogP contribution in [0.2, 0.25) is 0 Å². The highest BCUT2D eigenvalue weighted by atomic mass is 32.2. The number of benzene rings is 2. The van der Waals surface area contributed by atoms with E-state index in [0.717, 1.165) is 11.0 Å². The molecule has 2 aromatic carbocycles. The van der Waals surface area contributed by atoms with Crippen molar-refractivity contribution in [2.24, 2.45) is 0 Å². The SMILES string of the molecule is Cc1ccc(S(=O)(=O)OCCN2C(=O)c3ccccc3C2=O)cc1C(=O)O. The first-order valence-corrected chi connectivity index (χ1v) is 9.32. The van der Waals surface area contributed by atoms with Crippen molar-refractivity contribution in [3.63, 3.8) is 0 Å². The summed E-state index contributed by atoms with van der Waals surface area (Å²) in [6.45, 7) is 0.857. The maximum Gasteiger partial charge on any atom is 0.335 e. The number of nitrogens with zero attached hydrogens (tertiary/aromatic N) is 1. The number of carboxylic acid groups (broad SMARTS) is 1. The summed E-state index contributed by atoms with van der Waals surface area (Å²) in [5, 5.41) is 9.10. The molecule has 1 aliphatic rings. The third kappa shape index (κ3) is 3.46. The van der Waals surface area contributed by atoms with Gasteiger partial charge in [-0.05, 0) is 36.8 Å². The zero-order valence-corrected chi connectivity index (χ0v) is 15.0. The zero-order valence-electron chi connectivity index (χ0n) is 14.2. The van der Waals surface area contributed by atoms with Gasteiger partial charge >= 0.3 is 5.97 Å². The molecule has 1 N–H and O–H groups in total. The number of hydrogen-bond donors (Lipinski definition) is 1. The van der Waals surface area contributed by atoms with Gasteiger partial charge in [-0.3, -0.25) is 18.7 Å². The van der Waals surface area contributed by atoms with Crippen molar-refractivity contribution in [1.29, 1.82) is 0 Å². The molecular weight excluding hydrogens is 374 g/mol. The normalized spacial score (nSPS) is 13.7. The smallest absolute Gasteiger partial charge is 0.335 e. The predicted octanol–water partition coefficient (Wildman–Crippen LogP) is 1.69. The van der Waals surface area contributed by atoms with Crippen LogP contribution in [0.5, 0.6) is 0 Å². The second-order valence-corrected chi connectivity index (χ2v) is 7.48. The first kappa shape index (κ1) is 18.7. The number of carbonyl (C=O) groups excluding carboxylic acids is 2. The van der Waals surface area contributed by atoms with E-state index in [1.165, 1.54) is 24.3 Å². The Bertz CT molecular complexity index is 1020. The fourth-order valence-electron chi connectivity index (χ4n) is 2.74. The van der Waals surface area contributed by atoms with Crippen molar-refractivity contribution < 1.29 is 32.1 Å². The first-order chi connectivity index (χ1) is 12.7. The quantitative estimate of drug-likeness (QED) is 0.590. The van der Waals surface area contributed by atoms with Gasteiger partial charge in [0.25, 0.3) is 21.9 Å². The molecule has 140 valence electrons. The molecule has 0 fully saturated rings. The lowest BCUT2D eigenvalue weighted by atomic mass is 10.1. The van der Waals surface area contributed by atoms with Crippen LogP contribution in [-0.2, 0) is 14.3 Å². The molecule has 27 heavy (non-hydrogen) atoms. The molecule has 0 aliphatic carbocycles. The second kappa shape index (κ2) is 6.93. The van der Waals surface area contributed by atoms with Crippen LogP contribution >= 0.6 is 0 Å². The van der Waals surface area contributed by atoms with E-state index in [4.69, 9.17) is 9.29 Å². The molecule has 0 atom stereocenters. The predicted molar refractivity (Wildman–Crippen MR) is 93.1 cm³/mol. The van der Waals surface area contributed by atoms with Crippen LogP contribution in [0.25, 0.3) is 0 Å². The van der Waals surface area contributed by atoms with E-state index < -0.39 is 34.5 Å². The molecule has 0 saturated heterocycles. The topological polar surface area (TPSA) is 118 Å². The lowest BCUT2D eigenvalue weighted by molar-refractivity contribution is 0.0629. The van der Waals surface area contributed by atoms with Gasteiger partial charge in [-0.1, -0.05) is 18.2 Å². The fourth-order valence-corrected chi connectivity index (χ4v) is 3.66. The number of aromatic carboxylic acids is 1. The summed E-state index contributed by atoms with van der Waals surface area (Å²) < 4.78 is 29.4. The van der Waals surface area contributed by atoms with Crippen LogP contribution in [-0.4, -0.2) is 49.4 Å². The van der Waals surface area contributed by atoms with Crippen LogP contribution in [0.4, 0.5) is 0 Å². The summed E-state index contributed by atoms with van der Waals surface area (Å²) >= 11 is 0. The Kier molecular flexibility index (Phi) is 4.81. The van der Waals surface area contributed by atoms with E-state index >= 15 is 0 Å². The molecule has 8 nitrogen and oxygen atoms in total. The second-order valence-electron chi connectivity index (χ2n) is 5.87. The van der Waals surface area contributed by atoms with Gasteiger partial charge in [-0.2, -0.15) is 8.42 Å². The van der Waals surface area contributed by atoms with E-state index in [9.17, 15) is 22.8 Å². The molecular formula is C18H15NO7S. The highest BCUT2D eigenvalue weighted by molar-refractivity contribution is 7.86. The summed E-state index contributed by atoms with van der Waals surface area (Å²) in [4.78, 5) is 36.2. The number of carboxylic acids is 1. The lowest BCUT2D eigenvalue weighted by Crippen LogP contribution is -2.33. The van der Waals surface area contributed by atoms with Gasteiger partial charge in [0.15, 0.2) is 0 Å². The van der Waals surface area contributed by atoms with E-state index in [0.29, 0.717) is 5.56 Å². The minimum absolute atomic E-state index is 0.153. The number of rotatable bonds is 6. The number of aryl methyl sites for hydroxylation is 1. The molecule has 0 unspecified atom stereocenters. The summed E-state index contributed by atoms with van der Waals surface area (Å²) in [7, 11) is -4.24. The standard InChI is InChI=1S/C18H15NO7S/c1-11-6-7-12(10-15(11)18(22)23)27(24,25)26-9-8-19-16(20)13-4-2-3-5-14(13)17(19)21/h2-7,10H,8-9H2,1H3,(H,22,23). The van der Waals surface area contributed by atoms with Gasteiger partial charge in [-0.15, -0.1) is 0 Å². The van der Waals surface area contributed by atoms with Crippen molar-refractivity contribution in [2.45, 2.75) is 11.8 Å². The van der Waals surface area contributed by atoms with Gasteiger partial charge in [0.1, 0.15) is 0 Å². The van der Waals surface area contributed by atoms with E-state index in [1.54, 1.807) is 19.1 Å². The number of imide groups is 1. The van der Waals surface area contributed by atoms with Gasteiger partial charge in [0.2, 0.25) is 0 Å². The van der Waals surface area contributed by atoms with Crippen molar-refractivity contribution in [1.82, 2.24) is 4.90 Å². The molecule has 9 heteroatoms. The average molecular weight is 389 g/mol. The average Bonchev–Trinajstić information content (AvgIpc) is 2.87. The van der Waals surface area contributed by atoms with Crippen molar-refractivity contribution >= 4 is 27.9 Å². The van der Waals surface area contributed by atoms with Gasteiger partial charge in [-0.25, -0.2) is 4.79 Å². The molecule has 1 heterocycles. The number of fused-ring (bicyclic) bond motifs is 1. The van der Waals surface area contributed by atoms with E-state index in [-0.39, 0.29) is 28.1 Å². The van der Waals surface area contributed by atoms with Crippen LogP contribution in [0, 0.1) is 6.92 Å². The Morgan fingerprint density at radius 2 is 1.67 bits per heavy atom. The Morgan fingerprint density at radius 1 is 1.07 bits per heavy atom. The Hall–Kier alpha value is -3.04. The van der Waals surface area contributed by atoms with Crippen LogP contribution < -0.4 is 0 Å². The third-order valence-electron chi connectivity index (χ3n) is 4.16. The summed E-state index contributed by atoms with van der Waals surface area (Å²) in [5.74, 6) is -2.28. The van der Waals surface area contributed by atoms with Gasteiger partial charge in [0.05, 0.1) is 34.7 Å². The molecule has 2 amide bonds. The summed E-state index contributed by atoms with van der Waals surface area (Å²) in [6.07, 6.45) is 0. The Balaban J connectivity index is 1.71. The monoisotopic (exact) mass is 389 g/mol. The molecule has 0 spiro atoms. The molecule has 3 rings (SSSR count). The highest BCUT2D eigenvalue weighted by Crippen LogP contribution is 2.22.